The van der Waals surface area contributed by atoms with Gasteiger partial charge in [0.05, 0.1) is 11.4 Å². The van der Waals surface area contributed by atoms with Crippen molar-refractivity contribution < 1.29 is 4.42 Å². The van der Waals surface area contributed by atoms with E-state index in [1.54, 1.807) is 6.20 Å². The third kappa shape index (κ3) is 3.77. The third-order valence-corrected chi connectivity index (χ3v) is 5.56. The van der Waals surface area contributed by atoms with Gasteiger partial charge < -0.3 is 4.42 Å². The van der Waals surface area contributed by atoms with Gasteiger partial charge in [-0.25, -0.2) is 4.98 Å². The third-order valence-electron chi connectivity index (χ3n) is 4.20. The summed E-state index contributed by atoms with van der Waals surface area (Å²) >= 11 is 7.79. The molecule has 0 saturated heterocycles. The molecule has 0 radical (unpaired) electrons. The van der Waals surface area contributed by atoms with Crippen molar-refractivity contribution in [3.8, 4) is 17.1 Å². The van der Waals surface area contributed by atoms with Crippen LogP contribution >= 0.6 is 23.4 Å². The van der Waals surface area contributed by atoms with E-state index < -0.39 is 0 Å². The number of hydrogen-bond donors (Lipinski definition) is 0. The molecule has 0 aliphatic rings. The molecule has 0 N–H and O–H groups in total. The van der Waals surface area contributed by atoms with Crippen LogP contribution in [0.5, 0.6) is 0 Å². The molecule has 4 rings (SSSR count). The quantitative estimate of drug-likeness (QED) is 0.418. The van der Waals surface area contributed by atoms with Crippen LogP contribution in [0.4, 0.5) is 0 Å². The molecular weight excluding hydrogens is 380 g/mol. The molecule has 0 amide bonds. The molecule has 5 nitrogen and oxygen atoms in total. The molecule has 2 heterocycles. The number of hydrogen-bond acceptors (Lipinski definition) is 5. The molecular formula is C20H17ClN4OS. The monoisotopic (exact) mass is 396 g/mol. The van der Waals surface area contributed by atoms with Gasteiger partial charge in [-0.1, -0.05) is 47.1 Å². The topological polar surface area (TPSA) is 56.7 Å². The van der Waals surface area contributed by atoms with Gasteiger partial charge >= 0.3 is 0 Å². The maximum absolute atomic E-state index is 6.25. The van der Waals surface area contributed by atoms with E-state index in [0.29, 0.717) is 17.5 Å². The van der Waals surface area contributed by atoms with Gasteiger partial charge in [-0.15, -0.1) is 10.2 Å². The predicted molar refractivity (Wildman–Crippen MR) is 107 cm³/mol. The number of aromatic nitrogens is 4. The summed E-state index contributed by atoms with van der Waals surface area (Å²) in [6.45, 7) is 4.04. The summed E-state index contributed by atoms with van der Waals surface area (Å²) < 4.78 is 7.81. The van der Waals surface area contributed by atoms with Crippen LogP contribution in [0, 0.1) is 13.8 Å². The normalized spacial score (nSPS) is 11.1. The van der Waals surface area contributed by atoms with E-state index in [2.05, 4.69) is 15.2 Å². The van der Waals surface area contributed by atoms with Crippen LogP contribution in [0.1, 0.15) is 17.0 Å². The minimum Gasteiger partial charge on any atom is -0.420 e. The Morgan fingerprint density at radius 1 is 1.07 bits per heavy atom. The Labute approximate surface area is 166 Å². The van der Waals surface area contributed by atoms with E-state index >= 15 is 0 Å². The highest BCUT2D eigenvalue weighted by molar-refractivity contribution is 7.98. The maximum atomic E-state index is 6.25. The van der Waals surface area contributed by atoms with E-state index in [1.165, 1.54) is 17.3 Å². The van der Waals surface area contributed by atoms with Crippen molar-refractivity contribution in [2.45, 2.75) is 24.8 Å². The number of aryl methyl sites for hydroxylation is 1. The summed E-state index contributed by atoms with van der Waals surface area (Å²) in [5, 5.41) is 9.88. The lowest BCUT2D eigenvalue weighted by Gasteiger charge is -2.10. The zero-order valence-corrected chi connectivity index (χ0v) is 16.5. The van der Waals surface area contributed by atoms with Gasteiger partial charge in [-0.3, -0.25) is 4.57 Å². The van der Waals surface area contributed by atoms with Crippen LogP contribution in [0.2, 0.25) is 5.02 Å². The molecule has 0 fully saturated rings. The zero-order chi connectivity index (χ0) is 18.8. The summed E-state index contributed by atoms with van der Waals surface area (Å²) in [6, 6.07) is 13.9. The van der Waals surface area contributed by atoms with Gasteiger partial charge in [0.1, 0.15) is 0 Å². The summed E-state index contributed by atoms with van der Waals surface area (Å²) in [5.41, 5.74) is 4.13. The van der Waals surface area contributed by atoms with E-state index in [1.807, 2.05) is 67.1 Å². The molecule has 0 aliphatic carbocycles. The summed E-state index contributed by atoms with van der Waals surface area (Å²) in [6.07, 6.45) is 3.70. The molecule has 2 aromatic heterocycles. The van der Waals surface area contributed by atoms with E-state index in [0.717, 1.165) is 27.0 Å². The molecule has 0 unspecified atom stereocenters. The van der Waals surface area contributed by atoms with Crippen molar-refractivity contribution in [3.05, 3.63) is 76.9 Å². The van der Waals surface area contributed by atoms with Crippen molar-refractivity contribution in [2.24, 2.45) is 0 Å². The smallest absolute Gasteiger partial charge is 0.247 e. The van der Waals surface area contributed by atoms with Crippen LogP contribution in [0.25, 0.3) is 17.1 Å². The molecule has 0 spiro atoms. The van der Waals surface area contributed by atoms with Gasteiger partial charge in [-0.2, -0.15) is 0 Å². The minimum absolute atomic E-state index is 0.527. The van der Waals surface area contributed by atoms with Gasteiger partial charge in [0.2, 0.25) is 11.8 Å². The molecule has 2 aromatic carbocycles. The molecule has 0 aliphatic heterocycles. The summed E-state index contributed by atoms with van der Waals surface area (Å²) in [5.74, 6) is 1.63. The Morgan fingerprint density at radius 3 is 2.70 bits per heavy atom. The lowest BCUT2D eigenvalue weighted by molar-refractivity contribution is 0.528. The molecule has 0 bridgehead atoms. The second-order valence-electron chi connectivity index (χ2n) is 6.12. The summed E-state index contributed by atoms with van der Waals surface area (Å²) in [7, 11) is 0. The van der Waals surface area contributed by atoms with Crippen LogP contribution in [-0.2, 0) is 5.75 Å². The van der Waals surface area contributed by atoms with Gasteiger partial charge in [0.25, 0.3) is 0 Å². The summed E-state index contributed by atoms with van der Waals surface area (Å²) in [4.78, 5) is 4.45. The van der Waals surface area contributed by atoms with E-state index in [9.17, 15) is 0 Å². The number of imidazole rings is 1. The average Bonchev–Trinajstić information content (AvgIpc) is 3.32. The van der Waals surface area contributed by atoms with Crippen molar-refractivity contribution in [1.29, 1.82) is 0 Å². The van der Waals surface area contributed by atoms with Crippen molar-refractivity contribution in [3.63, 3.8) is 0 Å². The molecule has 136 valence electrons. The second kappa shape index (κ2) is 7.58. The highest BCUT2D eigenvalue weighted by Crippen LogP contribution is 2.28. The van der Waals surface area contributed by atoms with E-state index in [4.69, 9.17) is 16.0 Å². The van der Waals surface area contributed by atoms with Crippen LogP contribution < -0.4 is 0 Å². The first-order valence-corrected chi connectivity index (χ1v) is 9.79. The Hall–Kier alpha value is -2.57. The number of halogens is 1. The lowest BCUT2D eigenvalue weighted by Crippen LogP contribution is -1.98. The molecule has 0 saturated carbocycles. The molecule has 27 heavy (non-hydrogen) atoms. The second-order valence-corrected chi connectivity index (χ2v) is 7.47. The number of rotatable bonds is 5. The van der Waals surface area contributed by atoms with E-state index in [-0.39, 0.29) is 0 Å². The van der Waals surface area contributed by atoms with Crippen LogP contribution in [-0.4, -0.2) is 19.7 Å². The molecule has 4 aromatic rings. The Bertz CT molecular complexity index is 1070. The molecule has 0 atom stereocenters. The first-order valence-electron chi connectivity index (χ1n) is 8.43. The first kappa shape index (κ1) is 17.8. The Morgan fingerprint density at radius 2 is 1.89 bits per heavy atom. The van der Waals surface area contributed by atoms with Crippen LogP contribution in [0.15, 0.2) is 64.4 Å². The largest absolute Gasteiger partial charge is 0.420 e. The van der Waals surface area contributed by atoms with Gasteiger partial charge in [0.15, 0.2) is 5.16 Å². The number of thioether (sulfide) groups is 1. The zero-order valence-electron chi connectivity index (χ0n) is 14.9. The maximum Gasteiger partial charge on any atom is 0.247 e. The highest BCUT2D eigenvalue weighted by Gasteiger charge is 2.13. The fourth-order valence-corrected chi connectivity index (χ4v) is 3.66. The predicted octanol–water partition coefficient (Wildman–Crippen LogP) is 5.48. The van der Waals surface area contributed by atoms with Crippen molar-refractivity contribution in [2.75, 3.05) is 0 Å². The number of benzene rings is 2. The first-order chi connectivity index (χ1) is 13.1. The van der Waals surface area contributed by atoms with Crippen LogP contribution in [0.3, 0.4) is 0 Å². The average molecular weight is 397 g/mol. The SMILES string of the molecule is Cc1ccc(-c2nnc(CSc3nccn3-c3cccc(Cl)c3C)o2)cc1. The fraction of sp³-hybridized carbons (Fsp3) is 0.150. The minimum atomic E-state index is 0.527. The standard InChI is InChI=1S/C20H17ClN4OS/c1-13-6-8-15(9-7-13)19-24-23-18(26-19)12-27-20-22-10-11-25(20)17-5-3-4-16(21)14(17)2/h3-11H,12H2,1-2H3. The number of nitrogens with zero attached hydrogens (tertiary/aromatic N) is 4. The van der Waals surface area contributed by atoms with Crippen molar-refractivity contribution >= 4 is 23.4 Å². The Kier molecular flexibility index (Phi) is 5.01. The van der Waals surface area contributed by atoms with Gasteiger partial charge in [0, 0.05) is 23.0 Å². The van der Waals surface area contributed by atoms with Crippen molar-refractivity contribution in [1.82, 2.24) is 19.7 Å². The van der Waals surface area contributed by atoms with Gasteiger partial charge in [-0.05, 0) is 43.7 Å². The lowest BCUT2D eigenvalue weighted by atomic mass is 10.1. The fourth-order valence-electron chi connectivity index (χ4n) is 2.69. The Balaban J connectivity index is 1.51. The highest BCUT2D eigenvalue weighted by atomic mass is 35.5. The molecule has 7 heteroatoms.